The lowest BCUT2D eigenvalue weighted by atomic mass is 9.81. The zero-order valence-corrected chi connectivity index (χ0v) is 11.4. The molecule has 1 aliphatic rings. The third-order valence-corrected chi connectivity index (χ3v) is 3.84. The van der Waals surface area contributed by atoms with Crippen molar-refractivity contribution in [2.24, 2.45) is 0 Å². The second kappa shape index (κ2) is 5.61. The van der Waals surface area contributed by atoms with E-state index in [1.807, 2.05) is 0 Å². The van der Waals surface area contributed by atoms with E-state index >= 15 is 0 Å². The van der Waals surface area contributed by atoms with Gasteiger partial charge in [0.25, 0.3) is 5.91 Å². The van der Waals surface area contributed by atoms with Gasteiger partial charge in [-0.2, -0.15) is 0 Å². The van der Waals surface area contributed by atoms with E-state index in [2.05, 4.69) is 5.32 Å². The molecule has 1 fully saturated rings. The van der Waals surface area contributed by atoms with Gasteiger partial charge in [-0.15, -0.1) is 0 Å². The molecule has 0 saturated heterocycles. The standard InChI is InChI=1S/C15H18FNO3/c1-10-5-6-12(16)11(9-10)13(18)17-15(14(19)20)7-3-2-4-8-15/h5-6,9H,2-4,7-8H2,1H3,(H,17,18)(H,19,20). The lowest BCUT2D eigenvalue weighted by Crippen LogP contribution is -2.55. The Morgan fingerprint density at radius 1 is 1.25 bits per heavy atom. The van der Waals surface area contributed by atoms with E-state index in [1.54, 1.807) is 13.0 Å². The Kier molecular flexibility index (Phi) is 4.06. The Morgan fingerprint density at radius 3 is 2.50 bits per heavy atom. The molecule has 1 saturated carbocycles. The van der Waals surface area contributed by atoms with Crippen molar-refractivity contribution in [2.45, 2.75) is 44.6 Å². The van der Waals surface area contributed by atoms with E-state index in [0.29, 0.717) is 12.8 Å². The van der Waals surface area contributed by atoms with Crippen LogP contribution in [-0.2, 0) is 4.79 Å². The number of aryl methyl sites for hydroxylation is 1. The van der Waals surface area contributed by atoms with Gasteiger partial charge in [-0.3, -0.25) is 4.79 Å². The van der Waals surface area contributed by atoms with Gasteiger partial charge in [0, 0.05) is 0 Å². The summed E-state index contributed by atoms with van der Waals surface area (Å²) in [5.41, 5.74) is -0.605. The zero-order chi connectivity index (χ0) is 14.8. The van der Waals surface area contributed by atoms with Crippen molar-refractivity contribution < 1.29 is 19.1 Å². The molecule has 1 amide bonds. The largest absolute Gasteiger partial charge is 0.480 e. The summed E-state index contributed by atoms with van der Waals surface area (Å²) in [6.45, 7) is 1.75. The van der Waals surface area contributed by atoms with Crippen LogP contribution in [0.15, 0.2) is 18.2 Å². The molecule has 2 N–H and O–H groups in total. The maximum atomic E-state index is 13.7. The highest BCUT2D eigenvalue weighted by Crippen LogP contribution is 2.29. The van der Waals surface area contributed by atoms with Crippen molar-refractivity contribution in [2.75, 3.05) is 0 Å². The number of carboxylic acids is 1. The number of rotatable bonds is 3. The number of aliphatic carboxylic acids is 1. The highest BCUT2D eigenvalue weighted by molar-refractivity contribution is 5.98. The van der Waals surface area contributed by atoms with Crippen LogP contribution in [0.5, 0.6) is 0 Å². The number of halogens is 1. The Hall–Kier alpha value is -1.91. The molecule has 108 valence electrons. The van der Waals surface area contributed by atoms with Crippen molar-refractivity contribution in [3.05, 3.63) is 35.1 Å². The van der Waals surface area contributed by atoms with Crippen LogP contribution in [0.3, 0.4) is 0 Å². The van der Waals surface area contributed by atoms with Crippen LogP contribution in [0.4, 0.5) is 4.39 Å². The number of carboxylic acid groups (broad SMARTS) is 1. The Morgan fingerprint density at radius 2 is 1.90 bits per heavy atom. The summed E-state index contributed by atoms with van der Waals surface area (Å²) < 4.78 is 13.7. The minimum absolute atomic E-state index is 0.101. The second-order valence-corrected chi connectivity index (χ2v) is 5.39. The highest BCUT2D eigenvalue weighted by Gasteiger charge is 2.41. The molecule has 1 aromatic carbocycles. The van der Waals surface area contributed by atoms with Gasteiger partial charge in [-0.05, 0) is 31.9 Å². The summed E-state index contributed by atoms with van der Waals surface area (Å²) >= 11 is 0. The van der Waals surface area contributed by atoms with Gasteiger partial charge >= 0.3 is 5.97 Å². The molecule has 0 bridgehead atoms. The van der Waals surface area contributed by atoms with E-state index in [1.165, 1.54) is 12.1 Å². The van der Waals surface area contributed by atoms with E-state index in [4.69, 9.17) is 0 Å². The van der Waals surface area contributed by atoms with Gasteiger partial charge in [0.2, 0.25) is 0 Å². The van der Waals surface area contributed by atoms with Crippen LogP contribution in [-0.4, -0.2) is 22.5 Å². The Labute approximate surface area is 117 Å². The topological polar surface area (TPSA) is 66.4 Å². The number of carbonyl (C=O) groups excluding carboxylic acids is 1. The molecule has 0 spiro atoms. The highest BCUT2D eigenvalue weighted by atomic mass is 19.1. The molecule has 20 heavy (non-hydrogen) atoms. The summed E-state index contributed by atoms with van der Waals surface area (Å²) in [5.74, 6) is -2.33. The van der Waals surface area contributed by atoms with Crippen molar-refractivity contribution in [3.63, 3.8) is 0 Å². The van der Waals surface area contributed by atoms with Gasteiger partial charge in [-0.25, -0.2) is 9.18 Å². The normalized spacial score (nSPS) is 17.5. The van der Waals surface area contributed by atoms with Crippen LogP contribution in [0.1, 0.15) is 48.0 Å². The first-order valence-corrected chi connectivity index (χ1v) is 6.77. The molecular weight excluding hydrogens is 261 g/mol. The molecule has 0 heterocycles. The lowest BCUT2D eigenvalue weighted by molar-refractivity contribution is -0.145. The average molecular weight is 279 g/mol. The molecule has 0 aromatic heterocycles. The van der Waals surface area contributed by atoms with Gasteiger partial charge < -0.3 is 10.4 Å². The molecule has 2 rings (SSSR count). The maximum Gasteiger partial charge on any atom is 0.329 e. The van der Waals surface area contributed by atoms with Crippen LogP contribution in [0.25, 0.3) is 0 Å². The number of hydrogen-bond donors (Lipinski definition) is 2. The zero-order valence-electron chi connectivity index (χ0n) is 11.4. The van der Waals surface area contributed by atoms with Crippen molar-refractivity contribution in [1.29, 1.82) is 0 Å². The molecule has 5 heteroatoms. The van der Waals surface area contributed by atoms with E-state index in [9.17, 15) is 19.1 Å². The fourth-order valence-electron chi connectivity index (χ4n) is 2.65. The number of amides is 1. The summed E-state index contributed by atoms with van der Waals surface area (Å²) in [5, 5.41) is 11.9. The molecule has 1 aliphatic carbocycles. The van der Waals surface area contributed by atoms with E-state index in [-0.39, 0.29) is 5.56 Å². The quantitative estimate of drug-likeness (QED) is 0.894. The summed E-state index contributed by atoms with van der Waals surface area (Å²) in [4.78, 5) is 23.7. The fourth-order valence-corrected chi connectivity index (χ4v) is 2.65. The summed E-state index contributed by atoms with van der Waals surface area (Å²) in [7, 11) is 0. The second-order valence-electron chi connectivity index (χ2n) is 5.39. The third-order valence-electron chi connectivity index (χ3n) is 3.84. The van der Waals surface area contributed by atoms with Crippen molar-refractivity contribution in [3.8, 4) is 0 Å². The average Bonchev–Trinajstić information content (AvgIpc) is 2.42. The summed E-state index contributed by atoms with van der Waals surface area (Å²) in [6.07, 6.45) is 3.25. The molecule has 4 nitrogen and oxygen atoms in total. The lowest BCUT2D eigenvalue weighted by Gasteiger charge is -2.34. The van der Waals surface area contributed by atoms with Gasteiger partial charge in [0.1, 0.15) is 11.4 Å². The molecule has 1 aromatic rings. The predicted octanol–water partition coefficient (Wildman–Crippen LogP) is 2.65. The van der Waals surface area contributed by atoms with E-state index in [0.717, 1.165) is 24.8 Å². The maximum absolute atomic E-state index is 13.7. The number of hydrogen-bond acceptors (Lipinski definition) is 2. The smallest absolute Gasteiger partial charge is 0.329 e. The van der Waals surface area contributed by atoms with Gasteiger partial charge in [0.05, 0.1) is 5.56 Å². The molecule has 0 aliphatic heterocycles. The van der Waals surface area contributed by atoms with Crippen molar-refractivity contribution >= 4 is 11.9 Å². The molecule has 0 atom stereocenters. The minimum Gasteiger partial charge on any atom is -0.480 e. The number of nitrogens with one attached hydrogen (secondary N) is 1. The predicted molar refractivity (Wildman–Crippen MR) is 72.1 cm³/mol. The number of carbonyl (C=O) groups is 2. The Balaban J connectivity index is 2.24. The van der Waals surface area contributed by atoms with Crippen LogP contribution in [0.2, 0.25) is 0 Å². The van der Waals surface area contributed by atoms with Crippen LogP contribution >= 0.6 is 0 Å². The van der Waals surface area contributed by atoms with Crippen LogP contribution in [0, 0.1) is 12.7 Å². The first-order valence-electron chi connectivity index (χ1n) is 6.77. The van der Waals surface area contributed by atoms with Gasteiger partial charge in [-0.1, -0.05) is 30.9 Å². The number of benzene rings is 1. The van der Waals surface area contributed by atoms with Gasteiger partial charge in [0.15, 0.2) is 0 Å². The van der Waals surface area contributed by atoms with Crippen molar-refractivity contribution in [1.82, 2.24) is 5.32 Å². The molecular formula is C15H18FNO3. The summed E-state index contributed by atoms with van der Waals surface area (Å²) in [6, 6.07) is 4.22. The minimum atomic E-state index is -1.26. The molecule has 0 radical (unpaired) electrons. The molecule has 0 unspecified atom stereocenters. The first kappa shape index (κ1) is 14.5. The fraction of sp³-hybridized carbons (Fsp3) is 0.467. The first-order chi connectivity index (χ1) is 9.44. The third kappa shape index (κ3) is 2.81. The monoisotopic (exact) mass is 279 g/mol. The Bertz CT molecular complexity index is 536. The van der Waals surface area contributed by atoms with Crippen LogP contribution < -0.4 is 5.32 Å². The van der Waals surface area contributed by atoms with E-state index < -0.39 is 23.2 Å². The SMILES string of the molecule is Cc1ccc(F)c(C(=O)NC2(C(=O)O)CCCCC2)c1.